The van der Waals surface area contributed by atoms with Crippen LogP contribution in [0.5, 0.6) is 0 Å². The van der Waals surface area contributed by atoms with Gasteiger partial charge in [0.15, 0.2) is 0 Å². The van der Waals surface area contributed by atoms with Gasteiger partial charge in [0.05, 0.1) is 4.90 Å². The molecule has 21 heavy (non-hydrogen) atoms. The third-order valence-electron chi connectivity index (χ3n) is 2.39. The Kier molecular flexibility index (Phi) is 4.45. The molecule has 0 aliphatic carbocycles. The van der Waals surface area contributed by atoms with E-state index in [1.54, 1.807) is 18.2 Å². The standard InChI is InChI=1S/C14H10F4S.C2H6/c15-19(16,17,18,14-9-5-2-6-10-14)12-11-13-7-3-1-4-8-13;1-2/h1-10H;1-2H3. The molecule has 0 aliphatic rings. The van der Waals surface area contributed by atoms with Gasteiger partial charge < -0.3 is 0 Å². The number of hydrogen-bond donors (Lipinski definition) is 0. The molecule has 0 nitrogen and oxygen atoms in total. The summed E-state index contributed by atoms with van der Waals surface area (Å²) in [6, 6.07) is 12.6. The zero-order chi connectivity index (χ0) is 16.0. The predicted molar refractivity (Wildman–Crippen MR) is 81.4 cm³/mol. The fraction of sp³-hybridized carbons (Fsp3) is 0.125. The first-order valence-electron chi connectivity index (χ1n) is 6.35. The van der Waals surface area contributed by atoms with Gasteiger partial charge in [-0.15, -0.1) is 15.5 Å². The average Bonchev–Trinajstić information content (AvgIpc) is 2.49. The van der Waals surface area contributed by atoms with Gasteiger partial charge in [-0.3, -0.25) is 0 Å². The van der Waals surface area contributed by atoms with Gasteiger partial charge in [0.2, 0.25) is 9.84 Å². The van der Waals surface area contributed by atoms with Gasteiger partial charge in [0, 0.05) is 10.8 Å². The Labute approximate surface area is 122 Å². The Morgan fingerprint density at radius 1 is 0.714 bits per heavy atom. The molecule has 2 aromatic carbocycles. The highest BCUT2D eigenvalue weighted by molar-refractivity contribution is 8.53. The normalized spacial score (nSPS) is 13.6. The van der Waals surface area contributed by atoms with E-state index in [1.807, 2.05) is 19.8 Å². The zero-order valence-corrected chi connectivity index (χ0v) is 12.5. The lowest BCUT2D eigenvalue weighted by atomic mass is 10.2. The Morgan fingerprint density at radius 3 is 1.62 bits per heavy atom. The SMILES string of the molecule is CC.FS(F)(F)(F)(C#Cc1ccccc1)c1ccccc1. The van der Waals surface area contributed by atoms with Crippen LogP contribution in [-0.4, -0.2) is 0 Å². The van der Waals surface area contributed by atoms with E-state index >= 15 is 0 Å². The Bertz CT molecular complexity index is 648. The Hall–Kier alpha value is -1.93. The minimum Gasteiger partial charge on any atom is -0.110 e. The van der Waals surface area contributed by atoms with Crippen molar-refractivity contribution >= 4 is 9.84 Å². The van der Waals surface area contributed by atoms with Crippen molar-refractivity contribution in [3.05, 3.63) is 66.2 Å². The first-order chi connectivity index (χ1) is 9.70. The molecule has 0 heterocycles. The van der Waals surface area contributed by atoms with Crippen LogP contribution in [0, 0.1) is 11.2 Å². The molecule has 0 bridgehead atoms. The summed E-state index contributed by atoms with van der Waals surface area (Å²) in [6.07, 6.45) is 0. The van der Waals surface area contributed by atoms with E-state index < -0.39 is 14.7 Å². The van der Waals surface area contributed by atoms with Crippen molar-refractivity contribution in [2.75, 3.05) is 0 Å². The van der Waals surface area contributed by atoms with Gasteiger partial charge in [0.25, 0.3) is 0 Å². The Balaban J connectivity index is 0.00000106. The summed E-state index contributed by atoms with van der Waals surface area (Å²) < 4.78 is 55.3. The number of benzene rings is 2. The minimum absolute atomic E-state index is 0.119. The van der Waals surface area contributed by atoms with Crippen LogP contribution in [0.4, 0.5) is 15.5 Å². The van der Waals surface area contributed by atoms with Crippen LogP contribution in [0.15, 0.2) is 65.6 Å². The highest BCUT2D eigenvalue weighted by atomic mass is 32.5. The second kappa shape index (κ2) is 5.45. The minimum atomic E-state index is -8.54. The van der Waals surface area contributed by atoms with E-state index in [9.17, 15) is 15.5 Å². The fourth-order valence-corrected chi connectivity index (χ4v) is 2.58. The maximum atomic E-state index is 13.8. The van der Waals surface area contributed by atoms with Gasteiger partial charge in [-0.05, 0) is 30.2 Å². The lowest BCUT2D eigenvalue weighted by Crippen LogP contribution is -2.10. The second-order valence-electron chi connectivity index (χ2n) is 3.98. The van der Waals surface area contributed by atoms with E-state index in [2.05, 4.69) is 0 Å². The summed E-state index contributed by atoms with van der Waals surface area (Å²) in [4.78, 5) is -1.33. The molecule has 0 radical (unpaired) electrons. The van der Waals surface area contributed by atoms with Crippen LogP contribution < -0.4 is 0 Å². The molecule has 5 heteroatoms. The topological polar surface area (TPSA) is 0 Å². The summed E-state index contributed by atoms with van der Waals surface area (Å²) in [6.45, 7) is 4.00. The maximum absolute atomic E-state index is 13.8. The van der Waals surface area contributed by atoms with Gasteiger partial charge in [-0.1, -0.05) is 50.2 Å². The van der Waals surface area contributed by atoms with Gasteiger partial charge in [-0.25, -0.2) is 0 Å². The molecule has 0 spiro atoms. The van der Waals surface area contributed by atoms with E-state index in [4.69, 9.17) is 0 Å². The summed E-state index contributed by atoms with van der Waals surface area (Å²) in [5.74, 6) is 1.87. The van der Waals surface area contributed by atoms with Crippen molar-refractivity contribution in [3.8, 4) is 11.2 Å². The summed E-state index contributed by atoms with van der Waals surface area (Å²) in [5.41, 5.74) is 0.119. The average molecular weight is 316 g/mol. The first-order valence-corrected chi connectivity index (χ1v) is 8.40. The van der Waals surface area contributed by atoms with Crippen molar-refractivity contribution in [2.45, 2.75) is 18.7 Å². The van der Waals surface area contributed by atoms with Crippen LogP contribution in [-0.2, 0) is 0 Å². The highest BCUT2D eigenvalue weighted by Gasteiger charge is 2.63. The lowest BCUT2D eigenvalue weighted by molar-refractivity contribution is 0.470. The molecular weight excluding hydrogens is 300 g/mol. The monoisotopic (exact) mass is 316 g/mol. The van der Waals surface area contributed by atoms with Crippen LogP contribution >= 0.6 is 9.84 Å². The largest absolute Gasteiger partial charge is 0.240 e. The van der Waals surface area contributed by atoms with E-state index in [0.717, 1.165) is 17.4 Å². The molecule has 0 saturated heterocycles. The van der Waals surface area contributed by atoms with Crippen molar-refractivity contribution in [2.24, 2.45) is 0 Å². The molecule has 114 valence electrons. The summed E-state index contributed by atoms with van der Waals surface area (Å²) in [7, 11) is -8.54. The number of hydrogen-bond acceptors (Lipinski definition) is 0. The molecule has 0 unspecified atom stereocenters. The summed E-state index contributed by atoms with van der Waals surface area (Å²) in [5, 5.41) is 0.946. The van der Waals surface area contributed by atoms with Gasteiger partial charge >= 0.3 is 0 Å². The number of halogens is 4. The van der Waals surface area contributed by atoms with Crippen molar-refractivity contribution in [1.82, 2.24) is 0 Å². The van der Waals surface area contributed by atoms with Gasteiger partial charge in [-0.2, -0.15) is 0 Å². The zero-order valence-electron chi connectivity index (χ0n) is 11.7. The smallest absolute Gasteiger partial charge is 0.110 e. The van der Waals surface area contributed by atoms with Crippen molar-refractivity contribution in [1.29, 1.82) is 0 Å². The highest BCUT2D eigenvalue weighted by Crippen LogP contribution is 3.00. The van der Waals surface area contributed by atoms with Gasteiger partial charge in [0.1, 0.15) is 0 Å². The molecule has 2 rings (SSSR count). The molecule has 0 aromatic heterocycles. The van der Waals surface area contributed by atoms with Crippen LogP contribution in [0.1, 0.15) is 19.4 Å². The van der Waals surface area contributed by atoms with Crippen molar-refractivity contribution < 1.29 is 15.5 Å². The molecular formula is C16H16F4S. The molecule has 0 aliphatic heterocycles. The molecule has 0 atom stereocenters. The van der Waals surface area contributed by atoms with E-state index in [-0.39, 0.29) is 5.56 Å². The molecule has 0 amide bonds. The fourth-order valence-electron chi connectivity index (χ4n) is 1.44. The third-order valence-corrected chi connectivity index (χ3v) is 4.13. The summed E-state index contributed by atoms with van der Waals surface area (Å²) >= 11 is 0. The first kappa shape index (κ1) is 17.1. The second-order valence-corrected chi connectivity index (χ2v) is 6.79. The predicted octanol–water partition coefficient (Wildman–Crippen LogP) is 6.49. The maximum Gasteiger partial charge on any atom is 0.240 e. The molecule has 0 fully saturated rings. The van der Waals surface area contributed by atoms with E-state index in [1.165, 1.54) is 18.2 Å². The Morgan fingerprint density at radius 2 is 1.14 bits per heavy atom. The van der Waals surface area contributed by atoms with Crippen molar-refractivity contribution in [3.63, 3.8) is 0 Å². The number of rotatable bonds is 1. The third kappa shape index (κ3) is 4.54. The quantitative estimate of drug-likeness (QED) is 0.416. The molecule has 2 aromatic rings. The molecule has 0 saturated carbocycles. The van der Waals surface area contributed by atoms with Crippen LogP contribution in [0.3, 0.4) is 0 Å². The van der Waals surface area contributed by atoms with Crippen LogP contribution in [0.2, 0.25) is 0 Å². The van der Waals surface area contributed by atoms with Crippen LogP contribution in [0.25, 0.3) is 0 Å². The lowest BCUT2D eigenvalue weighted by Gasteiger charge is -2.44. The molecule has 0 N–H and O–H groups in total. The van der Waals surface area contributed by atoms with E-state index in [0.29, 0.717) is 12.1 Å².